The van der Waals surface area contributed by atoms with Gasteiger partial charge < -0.3 is 0 Å². The third-order valence-electron chi connectivity index (χ3n) is 2.59. The van der Waals surface area contributed by atoms with Gasteiger partial charge in [0.05, 0.1) is 0 Å². The summed E-state index contributed by atoms with van der Waals surface area (Å²) in [5.74, 6) is 0. The summed E-state index contributed by atoms with van der Waals surface area (Å²) in [5.41, 5.74) is 0. The van der Waals surface area contributed by atoms with Crippen LogP contribution >= 0.6 is 32.9 Å². The van der Waals surface area contributed by atoms with Gasteiger partial charge >= 0.3 is 0 Å². The van der Waals surface area contributed by atoms with Crippen LogP contribution < -0.4 is 0 Å². The average molecular weight is 301 g/mol. The Morgan fingerprint density at radius 1 is 1.42 bits per heavy atom. The predicted molar refractivity (Wildman–Crippen MR) is 63.6 cm³/mol. The molecule has 0 spiro atoms. The van der Waals surface area contributed by atoms with Crippen LogP contribution in [-0.4, -0.2) is 29.4 Å². The molecule has 1 rings (SSSR count). The van der Waals surface area contributed by atoms with E-state index >= 15 is 0 Å². The number of alkyl halides is 1. The highest BCUT2D eigenvalue weighted by Gasteiger charge is 2.19. The van der Waals surface area contributed by atoms with E-state index in [1.807, 2.05) is 0 Å². The number of piperidine rings is 1. The zero-order chi connectivity index (χ0) is 8.10. The first kappa shape index (κ1) is 12.9. The van der Waals surface area contributed by atoms with Crippen LogP contribution in [0.25, 0.3) is 0 Å². The fraction of sp³-hybridized carbons (Fsp3) is 1.00. The van der Waals surface area contributed by atoms with E-state index in [2.05, 4.69) is 27.8 Å². The smallest absolute Gasteiger partial charge is 0.0159 e. The monoisotopic (exact) mass is 299 g/mol. The topological polar surface area (TPSA) is 3.24 Å². The number of hydrogen-bond acceptors (Lipinski definition) is 1. The van der Waals surface area contributed by atoms with Crippen LogP contribution in [0, 0.1) is 0 Å². The van der Waals surface area contributed by atoms with Crippen molar-refractivity contribution in [1.29, 1.82) is 0 Å². The SMILES string of the molecule is Br.CCC1CCCCN1CCBr. The molecule has 0 bridgehead atoms. The minimum Gasteiger partial charge on any atom is -0.300 e. The third-order valence-corrected chi connectivity index (χ3v) is 2.95. The molecule has 0 aromatic carbocycles. The van der Waals surface area contributed by atoms with Crippen molar-refractivity contribution in [2.75, 3.05) is 18.4 Å². The average Bonchev–Trinajstić information content (AvgIpc) is 2.06. The molecule has 1 aliphatic heterocycles. The quantitative estimate of drug-likeness (QED) is 0.724. The second-order valence-electron chi connectivity index (χ2n) is 3.28. The molecule has 0 aliphatic carbocycles. The Labute approximate surface area is 94.8 Å². The van der Waals surface area contributed by atoms with Crippen molar-refractivity contribution >= 4 is 32.9 Å². The molecule has 74 valence electrons. The minimum atomic E-state index is 0. The molecule has 1 heterocycles. The van der Waals surface area contributed by atoms with Crippen LogP contribution in [0.15, 0.2) is 0 Å². The van der Waals surface area contributed by atoms with E-state index < -0.39 is 0 Å². The maximum absolute atomic E-state index is 3.50. The highest BCUT2D eigenvalue weighted by atomic mass is 79.9. The fourth-order valence-corrected chi connectivity index (χ4v) is 2.38. The van der Waals surface area contributed by atoms with Gasteiger partial charge in [0.1, 0.15) is 0 Å². The Kier molecular flexibility index (Phi) is 7.90. The van der Waals surface area contributed by atoms with Gasteiger partial charge in [0, 0.05) is 17.9 Å². The second-order valence-corrected chi connectivity index (χ2v) is 4.08. The summed E-state index contributed by atoms with van der Waals surface area (Å²) in [6.07, 6.45) is 5.59. The van der Waals surface area contributed by atoms with Gasteiger partial charge in [0.2, 0.25) is 0 Å². The number of halogens is 2. The lowest BCUT2D eigenvalue weighted by Crippen LogP contribution is -2.40. The fourth-order valence-electron chi connectivity index (χ4n) is 1.93. The van der Waals surface area contributed by atoms with Gasteiger partial charge in [0.15, 0.2) is 0 Å². The van der Waals surface area contributed by atoms with Crippen molar-refractivity contribution in [3.63, 3.8) is 0 Å². The molecule has 0 aromatic rings. The predicted octanol–water partition coefficient (Wildman–Crippen LogP) is 3.22. The van der Waals surface area contributed by atoms with Gasteiger partial charge in [-0.1, -0.05) is 29.3 Å². The van der Waals surface area contributed by atoms with E-state index in [1.165, 1.54) is 38.8 Å². The van der Waals surface area contributed by atoms with Crippen molar-refractivity contribution in [1.82, 2.24) is 4.90 Å². The molecular weight excluding hydrogens is 282 g/mol. The summed E-state index contributed by atoms with van der Waals surface area (Å²) in [4.78, 5) is 2.62. The Morgan fingerprint density at radius 3 is 2.75 bits per heavy atom. The Bertz CT molecular complexity index is 107. The van der Waals surface area contributed by atoms with Gasteiger partial charge in [0.25, 0.3) is 0 Å². The van der Waals surface area contributed by atoms with Crippen molar-refractivity contribution in [3.05, 3.63) is 0 Å². The van der Waals surface area contributed by atoms with Crippen molar-refractivity contribution in [3.8, 4) is 0 Å². The summed E-state index contributed by atoms with van der Waals surface area (Å²) < 4.78 is 0. The van der Waals surface area contributed by atoms with Gasteiger partial charge in [-0.15, -0.1) is 17.0 Å². The van der Waals surface area contributed by atoms with Crippen LogP contribution in [0.5, 0.6) is 0 Å². The Morgan fingerprint density at radius 2 is 2.17 bits per heavy atom. The standard InChI is InChI=1S/C9H18BrN.BrH/c1-2-9-5-3-4-7-11(9)8-6-10;/h9H,2-8H2,1H3;1H. The van der Waals surface area contributed by atoms with Crippen LogP contribution in [0.1, 0.15) is 32.6 Å². The Hall–Kier alpha value is 0.920. The van der Waals surface area contributed by atoms with E-state index in [0.29, 0.717) is 0 Å². The molecule has 12 heavy (non-hydrogen) atoms. The van der Waals surface area contributed by atoms with E-state index in [1.54, 1.807) is 0 Å². The van der Waals surface area contributed by atoms with Crippen LogP contribution in [-0.2, 0) is 0 Å². The van der Waals surface area contributed by atoms with Gasteiger partial charge in [-0.05, 0) is 25.8 Å². The van der Waals surface area contributed by atoms with E-state index in [0.717, 1.165) is 11.4 Å². The number of hydrogen-bond donors (Lipinski definition) is 0. The van der Waals surface area contributed by atoms with Crippen molar-refractivity contribution in [2.45, 2.75) is 38.6 Å². The molecule has 1 atom stereocenters. The summed E-state index contributed by atoms with van der Waals surface area (Å²) in [5, 5.41) is 1.13. The third kappa shape index (κ3) is 3.75. The number of nitrogens with zero attached hydrogens (tertiary/aromatic N) is 1. The molecule has 0 amide bonds. The number of likely N-dealkylation sites (tertiary alicyclic amines) is 1. The summed E-state index contributed by atoms with van der Waals surface area (Å²) in [6, 6.07) is 0.876. The second kappa shape index (κ2) is 7.34. The lowest BCUT2D eigenvalue weighted by atomic mass is 10.0. The maximum atomic E-state index is 3.50. The molecular formula is C9H19Br2N. The zero-order valence-electron chi connectivity index (χ0n) is 7.76. The molecule has 0 N–H and O–H groups in total. The highest BCUT2D eigenvalue weighted by molar-refractivity contribution is 9.09. The van der Waals surface area contributed by atoms with Crippen LogP contribution in [0.3, 0.4) is 0 Å². The first-order chi connectivity index (χ1) is 5.38. The molecule has 0 saturated carbocycles. The van der Waals surface area contributed by atoms with Gasteiger partial charge in [-0.25, -0.2) is 0 Å². The summed E-state index contributed by atoms with van der Waals surface area (Å²) in [6.45, 7) is 4.86. The Balaban J connectivity index is 0.00000121. The summed E-state index contributed by atoms with van der Waals surface area (Å²) >= 11 is 3.50. The van der Waals surface area contributed by atoms with Gasteiger partial charge in [-0.2, -0.15) is 0 Å². The van der Waals surface area contributed by atoms with Crippen LogP contribution in [0.4, 0.5) is 0 Å². The molecule has 1 fully saturated rings. The van der Waals surface area contributed by atoms with E-state index in [-0.39, 0.29) is 17.0 Å². The summed E-state index contributed by atoms with van der Waals surface area (Å²) in [7, 11) is 0. The van der Waals surface area contributed by atoms with Crippen molar-refractivity contribution in [2.24, 2.45) is 0 Å². The minimum absolute atomic E-state index is 0. The first-order valence-electron chi connectivity index (χ1n) is 4.68. The van der Waals surface area contributed by atoms with Crippen molar-refractivity contribution < 1.29 is 0 Å². The molecule has 3 heteroatoms. The maximum Gasteiger partial charge on any atom is 0.0159 e. The van der Waals surface area contributed by atoms with Crippen LogP contribution in [0.2, 0.25) is 0 Å². The lowest BCUT2D eigenvalue weighted by molar-refractivity contribution is 0.154. The molecule has 1 unspecified atom stereocenters. The van der Waals surface area contributed by atoms with E-state index in [4.69, 9.17) is 0 Å². The number of rotatable bonds is 3. The first-order valence-corrected chi connectivity index (χ1v) is 5.80. The van der Waals surface area contributed by atoms with E-state index in [9.17, 15) is 0 Å². The molecule has 0 aromatic heterocycles. The molecule has 0 radical (unpaired) electrons. The normalized spacial score (nSPS) is 25.0. The molecule has 1 nitrogen and oxygen atoms in total. The highest BCUT2D eigenvalue weighted by Crippen LogP contribution is 2.18. The molecule has 1 aliphatic rings. The van der Waals surface area contributed by atoms with Gasteiger partial charge in [-0.3, -0.25) is 4.90 Å². The lowest BCUT2D eigenvalue weighted by Gasteiger charge is -2.34. The largest absolute Gasteiger partial charge is 0.300 e. The molecule has 1 saturated heterocycles. The zero-order valence-corrected chi connectivity index (χ0v) is 11.1.